The van der Waals surface area contributed by atoms with E-state index in [0.29, 0.717) is 34.0 Å². The molecule has 0 saturated carbocycles. The smallest absolute Gasteiger partial charge is 0.266 e. The molecular formula is C21H21ClN2O3S. The number of hydrogen-bond acceptors (Lipinski definition) is 5. The van der Waals surface area contributed by atoms with Gasteiger partial charge in [0.05, 0.1) is 29.3 Å². The Hall–Kier alpha value is -2.44. The van der Waals surface area contributed by atoms with Gasteiger partial charge in [-0.2, -0.15) is 0 Å². The topological polar surface area (TPSA) is 51.1 Å². The van der Waals surface area contributed by atoms with Gasteiger partial charge < -0.3 is 9.47 Å². The van der Waals surface area contributed by atoms with Crippen molar-refractivity contribution in [3.05, 3.63) is 58.0 Å². The summed E-state index contributed by atoms with van der Waals surface area (Å²) in [5.41, 5.74) is 1.60. The first-order valence-electron chi connectivity index (χ1n) is 8.92. The Labute approximate surface area is 174 Å². The van der Waals surface area contributed by atoms with Crippen molar-refractivity contribution in [1.29, 1.82) is 0 Å². The van der Waals surface area contributed by atoms with Gasteiger partial charge >= 0.3 is 0 Å². The molecule has 0 unspecified atom stereocenters. The predicted molar refractivity (Wildman–Crippen MR) is 116 cm³/mol. The molecule has 1 amide bonds. The number of carbonyl (C=O) groups excluding carboxylic acids is 1. The van der Waals surface area contributed by atoms with Crippen LogP contribution in [0.5, 0.6) is 11.5 Å². The van der Waals surface area contributed by atoms with E-state index in [9.17, 15) is 4.79 Å². The molecule has 1 fully saturated rings. The molecular weight excluding hydrogens is 396 g/mol. The Kier molecular flexibility index (Phi) is 6.65. The van der Waals surface area contributed by atoms with Crippen LogP contribution in [0.15, 0.2) is 52.4 Å². The van der Waals surface area contributed by atoms with Crippen LogP contribution in [0.1, 0.15) is 19.4 Å². The lowest BCUT2D eigenvalue weighted by Gasteiger charge is -2.12. The summed E-state index contributed by atoms with van der Waals surface area (Å²) in [4.78, 5) is 19.7. The van der Waals surface area contributed by atoms with Crippen LogP contribution in [-0.2, 0) is 4.79 Å². The van der Waals surface area contributed by atoms with Crippen molar-refractivity contribution in [2.75, 3.05) is 20.3 Å². The predicted octanol–water partition coefficient (Wildman–Crippen LogP) is 5.37. The number of amidine groups is 1. The number of likely N-dealkylation sites (N-methyl/N-ethyl adjacent to an activating group) is 1. The number of ether oxygens (including phenoxy) is 2. The normalized spacial score (nSPS) is 16.9. The SMILES string of the molecule is CCOc1ccc(N=C2S/C(=C\c3ccc(OC)c(Cl)c3)C(=O)N2CC)cc1. The molecule has 3 rings (SSSR count). The molecule has 1 aliphatic heterocycles. The number of benzene rings is 2. The van der Waals surface area contributed by atoms with Gasteiger partial charge in [0.1, 0.15) is 11.5 Å². The molecule has 7 heteroatoms. The summed E-state index contributed by atoms with van der Waals surface area (Å²) < 4.78 is 10.6. The van der Waals surface area contributed by atoms with Gasteiger partial charge in [-0.25, -0.2) is 4.99 Å². The maximum absolute atomic E-state index is 12.8. The van der Waals surface area contributed by atoms with E-state index in [0.717, 1.165) is 17.0 Å². The standard InChI is InChI=1S/C21H21ClN2O3S/c1-4-24-20(25)19(13-14-6-11-18(26-3)17(22)12-14)28-21(24)23-15-7-9-16(10-8-15)27-5-2/h6-13H,4-5H2,1-3H3/b19-13-,23-21?. The zero-order valence-corrected chi connectivity index (χ0v) is 17.5. The molecule has 28 heavy (non-hydrogen) atoms. The van der Waals surface area contributed by atoms with Crippen LogP contribution in [0.2, 0.25) is 5.02 Å². The lowest BCUT2D eigenvalue weighted by molar-refractivity contribution is -0.122. The number of carbonyl (C=O) groups is 1. The molecule has 0 atom stereocenters. The summed E-state index contributed by atoms with van der Waals surface area (Å²) in [5.74, 6) is 1.33. The lowest BCUT2D eigenvalue weighted by Crippen LogP contribution is -2.28. The van der Waals surface area contributed by atoms with E-state index in [1.807, 2.05) is 50.3 Å². The van der Waals surface area contributed by atoms with Crippen molar-refractivity contribution < 1.29 is 14.3 Å². The Morgan fingerprint density at radius 1 is 1.18 bits per heavy atom. The number of rotatable bonds is 6. The lowest BCUT2D eigenvalue weighted by atomic mass is 10.2. The Bertz CT molecular complexity index is 926. The first kappa shape index (κ1) is 20.3. The highest BCUT2D eigenvalue weighted by molar-refractivity contribution is 8.18. The van der Waals surface area contributed by atoms with Crippen molar-refractivity contribution in [3.8, 4) is 11.5 Å². The number of aliphatic imine (C=N–C) groups is 1. The highest BCUT2D eigenvalue weighted by Gasteiger charge is 2.32. The second kappa shape index (κ2) is 9.17. The van der Waals surface area contributed by atoms with Crippen LogP contribution in [0.4, 0.5) is 5.69 Å². The Balaban J connectivity index is 1.86. The van der Waals surface area contributed by atoms with E-state index >= 15 is 0 Å². The molecule has 2 aromatic rings. The molecule has 0 N–H and O–H groups in total. The maximum Gasteiger partial charge on any atom is 0.266 e. The van der Waals surface area contributed by atoms with Crippen LogP contribution >= 0.6 is 23.4 Å². The van der Waals surface area contributed by atoms with Gasteiger partial charge in [0, 0.05) is 6.54 Å². The average molecular weight is 417 g/mol. The molecule has 0 aliphatic carbocycles. The van der Waals surface area contributed by atoms with Gasteiger partial charge in [-0.3, -0.25) is 9.69 Å². The van der Waals surface area contributed by atoms with Gasteiger partial charge in [-0.15, -0.1) is 0 Å². The Morgan fingerprint density at radius 2 is 1.93 bits per heavy atom. The fourth-order valence-corrected chi connectivity index (χ4v) is 4.02. The van der Waals surface area contributed by atoms with Gasteiger partial charge in [0.25, 0.3) is 5.91 Å². The van der Waals surface area contributed by atoms with Crippen molar-refractivity contribution in [2.45, 2.75) is 13.8 Å². The third-order valence-corrected chi connectivity index (χ3v) is 5.35. The number of hydrogen-bond donors (Lipinski definition) is 0. The highest BCUT2D eigenvalue weighted by Crippen LogP contribution is 2.35. The second-order valence-corrected chi connectivity index (χ2v) is 7.29. The van der Waals surface area contributed by atoms with Crippen molar-refractivity contribution >= 4 is 46.2 Å². The van der Waals surface area contributed by atoms with E-state index < -0.39 is 0 Å². The molecule has 2 aromatic carbocycles. The second-order valence-electron chi connectivity index (χ2n) is 5.88. The molecule has 0 spiro atoms. The number of nitrogens with zero attached hydrogens (tertiary/aromatic N) is 2. The first-order valence-corrected chi connectivity index (χ1v) is 10.1. The molecule has 1 saturated heterocycles. The fraction of sp³-hybridized carbons (Fsp3) is 0.238. The summed E-state index contributed by atoms with van der Waals surface area (Å²) in [6, 6.07) is 12.9. The third kappa shape index (κ3) is 4.51. The van der Waals surface area contributed by atoms with E-state index in [-0.39, 0.29) is 5.91 Å². The van der Waals surface area contributed by atoms with Gasteiger partial charge in [0.15, 0.2) is 5.17 Å². The fourth-order valence-electron chi connectivity index (χ4n) is 2.69. The van der Waals surface area contributed by atoms with Crippen LogP contribution < -0.4 is 9.47 Å². The minimum Gasteiger partial charge on any atom is -0.495 e. The van der Waals surface area contributed by atoms with Gasteiger partial charge in [0.2, 0.25) is 0 Å². The van der Waals surface area contributed by atoms with E-state index in [4.69, 9.17) is 21.1 Å². The van der Waals surface area contributed by atoms with E-state index in [2.05, 4.69) is 4.99 Å². The molecule has 1 aliphatic rings. The monoisotopic (exact) mass is 416 g/mol. The molecule has 0 aromatic heterocycles. The molecule has 1 heterocycles. The van der Waals surface area contributed by atoms with Crippen molar-refractivity contribution in [3.63, 3.8) is 0 Å². The summed E-state index contributed by atoms with van der Waals surface area (Å²) in [6.45, 7) is 5.03. The van der Waals surface area contributed by atoms with Crippen LogP contribution in [0.25, 0.3) is 6.08 Å². The summed E-state index contributed by atoms with van der Waals surface area (Å²) in [7, 11) is 1.57. The number of thioether (sulfide) groups is 1. The van der Waals surface area contributed by atoms with Crippen LogP contribution in [0, 0.1) is 0 Å². The van der Waals surface area contributed by atoms with Gasteiger partial charge in [-0.1, -0.05) is 17.7 Å². The highest BCUT2D eigenvalue weighted by atomic mass is 35.5. The largest absolute Gasteiger partial charge is 0.495 e. The van der Waals surface area contributed by atoms with E-state index in [1.54, 1.807) is 24.1 Å². The molecule has 0 bridgehead atoms. The quantitative estimate of drug-likeness (QED) is 0.594. The average Bonchev–Trinajstić information content (AvgIpc) is 2.98. The number of methoxy groups -OCH3 is 1. The Morgan fingerprint density at radius 3 is 2.54 bits per heavy atom. The molecule has 0 radical (unpaired) electrons. The number of amides is 1. The minimum absolute atomic E-state index is 0.0656. The van der Waals surface area contributed by atoms with E-state index in [1.165, 1.54) is 11.8 Å². The van der Waals surface area contributed by atoms with Gasteiger partial charge in [-0.05, 0) is 73.6 Å². The summed E-state index contributed by atoms with van der Waals surface area (Å²) >= 11 is 7.54. The molecule has 5 nitrogen and oxygen atoms in total. The van der Waals surface area contributed by atoms with Crippen molar-refractivity contribution in [1.82, 2.24) is 4.90 Å². The zero-order valence-electron chi connectivity index (χ0n) is 15.9. The zero-order chi connectivity index (χ0) is 20.1. The minimum atomic E-state index is -0.0656. The first-order chi connectivity index (χ1) is 13.5. The molecule has 146 valence electrons. The van der Waals surface area contributed by atoms with Crippen molar-refractivity contribution in [2.24, 2.45) is 4.99 Å². The number of halogens is 1. The third-order valence-electron chi connectivity index (χ3n) is 4.05. The summed E-state index contributed by atoms with van der Waals surface area (Å²) in [6.07, 6.45) is 1.82. The maximum atomic E-state index is 12.8. The van der Waals surface area contributed by atoms with Crippen LogP contribution in [0.3, 0.4) is 0 Å². The van der Waals surface area contributed by atoms with Crippen LogP contribution in [-0.4, -0.2) is 36.2 Å². The summed E-state index contributed by atoms with van der Waals surface area (Å²) in [5, 5.41) is 1.16.